The van der Waals surface area contributed by atoms with Crippen LogP contribution in [0.5, 0.6) is 0 Å². The molecule has 0 radical (unpaired) electrons. The molecule has 0 spiro atoms. The number of halogens is 1. The van der Waals surface area contributed by atoms with Crippen LogP contribution in [0.25, 0.3) is 0 Å². The van der Waals surface area contributed by atoms with Gasteiger partial charge in [-0.2, -0.15) is 0 Å². The summed E-state index contributed by atoms with van der Waals surface area (Å²) in [6.07, 6.45) is 1.30. The molecule has 2 N–H and O–H groups in total. The second-order valence-corrected chi connectivity index (χ2v) is 5.36. The smallest absolute Gasteiger partial charge is 0.325 e. The molecule has 2 rings (SSSR count). The molecule has 1 aromatic heterocycles. The SMILES string of the molecule is CC(NC(=O)c1cn(CC(=O)O)nn1)c1cccc(Br)c1. The number of carboxylic acid groups (broad SMARTS) is 1. The van der Waals surface area contributed by atoms with Crippen molar-refractivity contribution in [1.29, 1.82) is 0 Å². The summed E-state index contributed by atoms with van der Waals surface area (Å²) in [5.41, 5.74) is 1.02. The van der Waals surface area contributed by atoms with Crippen molar-refractivity contribution in [2.75, 3.05) is 0 Å². The van der Waals surface area contributed by atoms with Gasteiger partial charge in [-0.05, 0) is 24.6 Å². The van der Waals surface area contributed by atoms with Crippen molar-refractivity contribution in [2.45, 2.75) is 19.5 Å². The highest BCUT2D eigenvalue weighted by Gasteiger charge is 2.15. The Morgan fingerprint density at radius 3 is 2.90 bits per heavy atom. The van der Waals surface area contributed by atoms with E-state index in [-0.39, 0.29) is 18.3 Å². The van der Waals surface area contributed by atoms with Gasteiger partial charge in [0, 0.05) is 4.47 Å². The summed E-state index contributed by atoms with van der Waals surface area (Å²) in [4.78, 5) is 22.6. The lowest BCUT2D eigenvalue weighted by atomic mass is 10.1. The Morgan fingerprint density at radius 2 is 2.24 bits per heavy atom. The summed E-state index contributed by atoms with van der Waals surface area (Å²) in [6.45, 7) is 1.52. The van der Waals surface area contributed by atoms with E-state index in [0.29, 0.717) is 0 Å². The molecule has 1 heterocycles. The van der Waals surface area contributed by atoms with Gasteiger partial charge in [-0.25, -0.2) is 4.68 Å². The lowest BCUT2D eigenvalue weighted by molar-refractivity contribution is -0.137. The zero-order chi connectivity index (χ0) is 15.4. The normalized spacial score (nSPS) is 11.9. The topological polar surface area (TPSA) is 97.1 Å². The minimum absolute atomic E-state index is 0.0816. The maximum absolute atomic E-state index is 12.0. The van der Waals surface area contributed by atoms with Gasteiger partial charge in [0.05, 0.1) is 12.2 Å². The quantitative estimate of drug-likeness (QED) is 0.851. The minimum atomic E-state index is -1.05. The van der Waals surface area contributed by atoms with Gasteiger partial charge in [-0.3, -0.25) is 9.59 Å². The van der Waals surface area contributed by atoms with E-state index in [0.717, 1.165) is 14.7 Å². The minimum Gasteiger partial charge on any atom is -0.480 e. The fourth-order valence-corrected chi connectivity index (χ4v) is 2.17. The van der Waals surface area contributed by atoms with E-state index in [4.69, 9.17) is 5.11 Å². The molecule has 21 heavy (non-hydrogen) atoms. The molecule has 2 aromatic rings. The van der Waals surface area contributed by atoms with Gasteiger partial charge in [0.25, 0.3) is 5.91 Å². The standard InChI is InChI=1S/C13H13BrN4O3/c1-8(9-3-2-4-10(14)5-9)15-13(21)11-6-18(17-16-11)7-12(19)20/h2-6,8H,7H2,1H3,(H,15,21)(H,19,20). The van der Waals surface area contributed by atoms with E-state index in [1.54, 1.807) is 0 Å². The van der Waals surface area contributed by atoms with Crippen molar-refractivity contribution in [1.82, 2.24) is 20.3 Å². The zero-order valence-corrected chi connectivity index (χ0v) is 12.7. The number of aliphatic carboxylic acids is 1. The predicted octanol–water partition coefficient (Wildman–Crippen LogP) is 1.62. The number of rotatable bonds is 5. The van der Waals surface area contributed by atoms with E-state index in [9.17, 15) is 9.59 Å². The predicted molar refractivity (Wildman–Crippen MR) is 77.7 cm³/mol. The third-order valence-corrected chi connectivity index (χ3v) is 3.26. The van der Waals surface area contributed by atoms with Crippen LogP contribution in [0, 0.1) is 0 Å². The van der Waals surface area contributed by atoms with Gasteiger partial charge in [0.2, 0.25) is 0 Å². The number of carbonyl (C=O) groups excluding carboxylic acids is 1. The first-order valence-electron chi connectivity index (χ1n) is 6.14. The summed E-state index contributed by atoms with van der Waals surface area (Å²) in [5.74, 6) is -1.45. The van der Waals surface area contributed by atoms with Gasteiger partial charge < -0.3 is 10.4 Å². The van der Waals surface area contributed by atoms with E-state index < -0.39 is 11.9 Å². The van der Waals surface area contributed by atoms with E-state index in [1.807, 2.05) is 31.2 Å². The van der Waals surface area contributed by atoms with Crippen LogP contribution in [-0.4, -0.2) is 32.0 Å². The summed E-state index contributed by atoms with van der Waals surface area (Å²) >= 11 is 3.37. The van der Waals surface area contributed by atoms with Gasteiger partial charge in [-0.15, -0.1) is 5.10 Å². The van der Waals surface area contributed by atoms with Crippen LogP contribution in [0.1, 0.15) is 29.0 Å². The monoisotopic (exact) mass is 352 g/mol. The first-order valence-corrected chi connectivity index (χ1v) is 6.93. The van der Waals surface area contributed by atoms with Gasteiger partial charge >= 0.3 is 5.97 Å². The Labute approximate surface area is 129 Å². The van der Waals surface area contributed by atoms with Gasteiger partial charge in [-0.1, -0.05) is 33.3 Å². The zero-order valence-electron chi connectivity index (χ0n) is 11.2. The molecule has 0 saturated carbocycles. The second kappa shape index (κ2) is 6.49. The van der Waals surface area contributed by atoms with Crippen molar-refractivity contribution in [3.05, 3.63) is 46.2 Å². The van der Waals surface area contributed by atoms with Crippen LogP contribution < -0.4 is 5.32 Å². The summed E-state index contributed by atoms with van der Waals surface area (Å²) in [7, 11) is 0. The van der Waals surface area contributed by atoms with Crippen molar-refractivity contribution < 1.29 is 14.7 Å². The number of carbonyl (C=O) groups is 2. The number of hydrogen-bond donors (Lipinski definition) is 2. The lowest BCUT2D eigenvalue weighted by Crippen LogP contribution is -2.27. The highest BCUT2D eigenvalue weighted by Crippen LogP contribution is 2.18. The van der Waals surface area contributed by atoms with Crippen LogP contribution in [0.15, 0.2) is 34.9 Å². The van der Waals surface area contributed by atoms with E-state index >= 15 is 0 Å². The molecule has 1 amide bonds. The Hall–Kier alpha value is -2.22. The molecule has 1 aromatic carbocycles. The van der Waals surface area contributed by atoms with Crippen LogP contribution >= 0.6 is 15.9 Å². The van der Waals surface area contributed by atoms with Crippen LogP contribution in [0.2, 0.25) is 0 Å². The molecule has 1 unspecified atom stereocenters. The molecule has 0 saturated heterocycles. The van der Waals surface area contributed by atoms with Crippen molar-refractivity contribution in [3.63, 3.8) is 0 Å². The summed E-state index contributed by atoms with van der Waals surface area (Å²) < 4.78 is 2.02. The molecular weight excluding hydrogens is 340 g/mol. The summed E-state index contributed by atoms with van der Waals surface area (Å²) in [5, 5.41) is 18.7. The molecule has 0 fully saturated rings. The molecule has 7 nitrogen and oxygen atoms in total. The number of carboxylic acids is 1. The number of nitrogens with one attached hydrogen (secondary N) is 1. The fourth-order valence-electron chi connectivity index (χ4n) is 1.75. The fraction of sp³-hybridized carbons (Fsp3) is 0.231. The highest BCUT2D eigenvalue weighted by molar-refractivity contribution is 9.10. The van der Waals surface area contributed by atoms with Gasteiger partial charge in [0.15, 0.2) is 5.69 Å². The number of nitrogens with zero attached hydrogens (tertiary/aromatic N) is 3. The molecule has 0 aliphatic rings. The Bertz CT molecular complexity index is 671. The number of benzene rings is 1. The molecule has 1 atom stereocenters. The number of amides is 1. The van der Waals surface area contributed by atoms with Crippen molar-refractivity contribution >= 4 is 27.8 Å². The molecular formula is C13H13BrN4O3. The van der Waals surface area contributed by atoms with Crippen LogP contribution in [-0.2, 0) is 11.3 Å². The molecule has 110 valence electrons. The largest absolute Gasteiger partial charge is 0.480 e. The van der Waals surface area contributed by atoms with Crippen LogP contribution in [0.4, 0.5) is 0 Å². The van der Waals surface area contributed by atoms with Crippen molar-refractivity contribution in [3.8, 4) is 0 Å². The maximum atomic E-state index is 12.0. The number of hydrogen-bond acceptors (Lipinski definition) is 4. The van der Waals surface area contributed by atoms with E-state index in [2.05, 4.69) is 31.6 Å². The van der Waals surface area contributed by atoms with Gasteiger partial charge in [0.1, 0.15) is 6.54 Å². The Morgan fingerprint density at radius 1 is 1.48 bits per heavy atom. The summed E-state index contributed by atoms with van der Waals surface area (Å²) in [6, 6.07) is 7.38. The van der Waals surface area contributed by atoms with Crippen LogP contribution in [0.3, 0.4) is 0 Å². The first-order chi connectivity index (χ1) is 9.95. The third kappa shape index (κ3) is 4.12. The van der Waals surface area contributed by atoms with E-state index in [1.165, 1.54) is 6.20 Å². The van der Waals surface area contributed by atoms with Crippen molar-refractivity contribution in [2.24, 2.45) is 0 Å². The molecule has 0 bridgehead atoms. The second-order valence-electron chi connectivity index (χ2n) is 4.45. The number of aromatic nitrogens is 3. The molecule has 8 heteroatoms. The highest BCUT2D eigenvalue weighted by atomic mass is 79.9. The first kappa shape index (κ1) is 15.2. The Kier molecular flexibility index (Phi) is 4.69. The Balaban J connectivity index is 2.03. The lowest BCUT2D eigenvalue weighted by Gasteiger charge is -2.13. The molecule has 0 aliphatic carbocycles. The average Bonchev–Trinajstić information content (AvgIpc) is 2.86. The maximum Gasteiger partial charge on any atom is 0.325 e. The molecule has 0 aliphatic heterocycles. The average molecular weight is 353 g/mol. The third-order valence-electron chi connectivity index (χ3n) is 2.76.